The summed E-state index contributed by atoms with van der Waals surface area (Å²) in [6.45, 7) is 0.388. The largest absolute Gasteiger partial charge is 0.484 e. The second-order valence-corrected chi connectivity index (χ2v) is 9.45. The fourth-order valence-electron chi connectivity index (χ4n) is 3.69. The maximum Gasteiger partial charge on any atom is 0.409 e. The molecule has 33 heavy (non-hydrogen) atoms. The molecule has 0 radical (unpaired) electrons. The van der Waals surface area contributed by atoms with Gasteiger partial charge in [-0.15, -0.1) is 0 Å². The van der Waals surface area contributed by atoms with E-state index in [0.717, 1.165) is 35.0 Å². The topological polar surface area (TPSA) is 134 Å². The van der Waals surface area contributed by atoms with Crippen molar-refractivity contribution in [2.24, 2.45) is 0 Å². The van der Waals surface area contributed by atoms with Crippen molar-refractivity contribution in [2.45, 2.75) is 29.9 Å². The van der Waals surface area contributed by atoms with Crippen molar-refractivity contribution >= 4 is 33.4 Å². The van der Waals surface area contributed by atoms with E-state index in [2.05, 4.69) is 10.6 Å². The van der Waals surface area contributed by atoms with Crippen LogP contribution in [0.4, 0.5) is 20.6 Å². The molecule has 0 aliphatic carbocycles. The van der Waals surface area contributed by atoms with Gasteiger partial charge >= 0.3 is 6.09 Å². The van der Waals surface area contributed by atoms with Crippen molar-refractivity contribution in [2.75, 3.05) is 29.3 Å². The Hall–Kier alpha value is -3.38. The van der Waals surface area contributed by atoms with Gasteiger partial charge in [0.05, 0.1) is 23.7 Å². The molecule has 1 saturated heterocycles. The van der Waals surface area contributed by atoms with Crippen LogP contribution in [0.1, 0.15) is 12.8 Å². The zero-order valence-electron chi connectivity index (χ0n) is 17.4. The minimum absolute atomic E-state index is 0.0305. The molecule has 2 aliphatic heterocycles. The van der Waals surface area contributed by atoms with E-state index in [9.17, 15) is 22.4 Å². The number of sulfonamides is 1. The second-order valence-electron chi connectivity index (χ2n) is 7.59. The van der Waals surface area contributed by atoms with Gasteiger partial charge in [-0.1, -0.05) is 0 Å². The first kappa shape index (κ1) is 22.8. The van der Waals surface area contributed by atoms with Crippen molar-refractivity contribution in [3.05, 3.63) is 48.3 Å². The Labute approximate surface area is 189 Å². The van der Waals surface area contributed by atoms with E-state index in [-0.39, 0.29) is 41.0 Å². The zero-order valence-corrected chi connectivity index (χ0v) is 18.2. The predicted octanol–water partition coefficient (Wildman–Crippen LogP) is 2.17. The molecule has 1 unspecified atom stereocenters. The van der Waals surface area contributed by atoms with Crippen molar-refractivity contribution in [3.8, 4) is 5.75 Å². The number of rotatable bonds is 6. The Morgan fingerprint density at radius 1 is 1.18 bits per heavy atom. The van der Waals surface area contributed by atoms with Crippen LogP contribution in [0.15, 0.2) is 47.4 Å². The number of carbonyl (C=O) groups is 2. The van der Waals surface area contributed by atoms with Crippen molar-refractivity contribution in [3.63, 3.8) is 0 Å². The smallest absolute Gasteiger partial charge is 0.409 e. The molecule has 0 spiro atoms. The summed E-state index contributed by atoms with van der Waals surface area (Å²) < 4.78 is 52.4. The first-order valence-electron chi connectivity index (χ1n) is 10.2. The predicted molar refractivity (Wildman–Crippen MR) is 115 cm³/mol. The molecule has 4 rings (SSSR count). The second kappa shape index (κ2) is 9.24. The van der Waals surface area contributed by atoms with E-state index in [1.165, 1.54) is 18.2 Å². The lowest BCUT2D eigenvalue weighted by atomic mass is 10.2. The van der Waals surface area contributed by atoms with E-state index in [0.29, 0.717) is 13.0 Å². The minimum atomic E-state index is -4.15. The molecule has 2 aliphatic rings. The number of anilines is 2. The molecule has 3 N–H and O–H groups in total. The first-order valence-corrected chi connectivity index (χ1v) is 11.7. The van der Waals surface area contributed by atoms with E-state index >= 15 is 0 Å². The van der Waals surface area contributed by atoms with Gasteiger partial charge in [-0.3, -0.25) is 14.4 Å². The summed E-state index contributed by atoms with van der Waals surface area (Å²) in [7, 11) is -4.15. The molecule has 2 aromatic rings. The highest BCUT2D eigenvalue weighted by molar-refractivity contribution is 7.92. The summed E-state index contributed by atoms with van der Waals surface area (Å²) in [5.41, 5.74) is 0.265. The van der Waals surface area contributed by atoms with Crippen LogP contribution < -0.4 is 19.7 Å². The highest BCUT2D eigenvalue weighted by atomic mass is 32.2. The molecule has 2 heterocycles. The van der Waals surface area contributed by atoms with Crippen molar-refractivity contribution in [1.29, 1.82) is 0 Å². The number of fused-ring (bicyclic) bond motifs is 1. The summed E-state index contributed by atoms with van der Waals surface area (Å²) in [5, 5.41) is 13.9. The molecule has 2 amide bonds. The number of carbonyl (C=O) groups excluding carboxylic acids is 1. The fourth-order valence-corrected chi connectivity index (χ4v) is 5.19. The van der Waals surface area contributed by atoms with Crippen molar-refractivity contribution in [1.82, 2.24) is 5.32 Å². The van der Waals surface area contributed by atoms with Crippen LogP contribution >= 0.6 is 0 Å². The van der Waals surface area contributed by atoms with Gasteiger partial charge in [0.2, 0.25) is 5.91 Å². The average molecular weight is 479 g/mol. The minimum Gasteiger partial charge on any atom is -0.484 e. The summed E-state index contributed by atoms with van der Waals surface area (Å²) in [4.78, 5) is 23.2. The van der Waals surface area contributed by atoms with Gasteiger partial charge < -0.3 is 19.9 Å². The fraction of sp³-hybridized carbons (Fsp3) is 0.333. The lowest BCUT2D eigenvalue weighted by Gasteiger charge is -2.36. The zero-order chi connectivity index (χ0) is 23.6. The standard InChI is InChI=1S/C21H22FN3O7S/c22-13-3-6-16(7-4-13)33(29,30)25-12-15(11-23-20(26)19-2-1-9-31-19)32-18-8-5-14(10-17(18)25)24-21(27)28/h3-8,10,15,19,24H,1-2,9,11-12H2,(H,23,26)(H,27,28)/t15-,19?/m0/s1. The summed E-state index contributed by atoms with van der Waals surface area (Å²) in [6, 6.07) is 8.59. The van der Waals surface area contributed by atoms with E-state index < -0.39 is 34.1 Å². The van der Waals surface area contributed by atoms with Crippen LogP contribution in [0.2, 0.25) is 0 Å². The van der Waals surface area contributed by atoms with Gasteiger partial charge in [0.1, 0.15) is 23.8 Å². The highest BCUT2D eigenvalue weighted by Gasteiger charge is 2.35. The normalized spacial score (nSPS) is 20.0. The number of benzene rings is 2. The number of carboxylic acid groups (broad SMARTS) is 1. The van der Waals surface area contributed by atoms with Gasteiger partial charge in [0.25, 0.3) is 10.0 Å². The van der Waals surface area contributed by atoms with Crippen LogP contribution in [-0.2, 0) is 19.6 Å². The van der Waals surface area contributed by atoms with Crippen LogP contribution in [0.5, 0.6) is 5.75 Å². The van der Waals surface area contributed by atoms with Crippen LogP contribution in [0.25, 0.3) is 0 Å². The number of amides is 2. The summed E-state index contributed by atoms with van der Waals surface area (Å²) in [6.07, 6.45) is -1.16. The maximum absolute atomic E-state index is 13.4. The quantitative estimate of drug-likeness (QED) is 0.578. The molecule has 0 bridgehead atoms. The molecule has 12 heteroatoms. The summed E-state index contributed by atoms with van der Waals surface area (Å²) >= 11 is 0. The van der Waals surface area contributed by atoms with E-state index in [4.69, 9.17) is 14.6 Å². The lowest BCUT2D eigenvalue weighted by Crippen LogP contribution is -2.49. The number of nitrogens with one attached hydrogen (secondary N) is 2. The number of nitrogens with zero attached hydrogens (tertiary/aromatic N) is 1. The third kappa shape index (κ3) is 5.01. The monoisotopic (exact) mass is 479 g/mol. The van der Waals surface area contributed by atoms with Gasteiger partial charge in [-0.2, -0.15) is 0 Å². The number of ether oxygens (including phenoxy) is 2. The van der Waals surface area contributed by atoms with Gasteiger partial charge in [-0.25, -0.2) is 17.6 Å². The third-order valence-electron chi connectivity index (χ3n) is 5.27. The molecule has 0 aromatic heterocycles. The Bertz CT molecular complexity index is 1150. The third-order valence-corrected chi connectivity index (χ3v) is 7.06. The van der Waals surface area contributed by atoms with Crippen LogP contribution in [0, 0.1) is 5.82 Å². The molecule has 0 saturated carbocycles. The Morgan fingerprint density at radius 3 is 2.61 bits per heavy atom. The summed E-state index contributed by atoms with van der Waals surface area (Å²) in [5.74, 6) is -0.686. The number of hydrogen-bond donors (Lipinski definition) is 3. The molecule has 2 atom stereocenters. The van der Waals surface area contributed by atoms with Gasteiger partial charge in [0, 0.05) is 12.3 Å². The molecule has 1 fully saturated rings. The highest BCUT2D eigenvalue weighted by Crippen LogP contribution is 2.39. The molecule has 10 nitrogen and oxygen atoms in total. The Morgan fingerprint density at radius 2 is 1.94 bits per heavy atom. The van der Waals surface area contributed by atoms with E-state index in [1.54, 1.807) is 0 Å². The Balaban J connectivity index is 1.62. The number of halogens is 1. The first-order chi connectivity index (χ1) is 15.7. The Kier molecular flexibility index (Phi) is 6.38. The number of hydrogen-bond acceptors (Lipinski definition) is 6. The molecular weight excluding hydrogens is 457 g/mol. The van der Waals surface area contributed by atoms with Crippen molar-refractivity contribution < 1.29 is 37.0 Å². The van der Waals surface area contributed by atoms with Crippen LogP contribution in [0.3, 0.4) is 0 Å². The SMILES string of the molecule is O=C(O)Nc1ccc2c(c1)N(S(=O)(=O)c1ccc(F)cc1)C[C@H](CNC(=O)C1CCCO1)O2. The average Bonchev–Trinajstić information content (AvgIpc) is 3.32. The molecule has 2 aromatic carbocycles. The van der Waals surface area contributed by atoms with Crippen LogP contribution in [-0.4, -0.2) is 57.4 Å². The lowest BCUT2D eigenvalue weighted by molar-refractivity contribution is -0.130. The molecule has 176 valence electrons. The van der Waals surface area contributed by atoms with Gasteiger partial charge in [-0.05, 0) is 55.3 Å². The van der Waals surface area contributed by atoms with E-state index in [1.807, 2.05) is 0 Å². The van der Waals surface area contributed by atoms with Gasteiger partial charge in [0.15, 0.2) is 0 Å². The maximum atomic E-state index is 13.4. The molecular formula is C21H22FN3O7S.